The molecule has 0 saturated heterocycles. The van der Waals surface area contributed by atoms with Crippen molar-refractivity contribution >= 4 is 17.5 Å². The number of hydrogen-bond acceptors (Lipinski definition) is 4. The quantitative estimate of drug-likeness (QED) is 0.772. The van der Waals surface area contributed by atoms with E-state index in [-0.39, 0.29) is 33.8 Å². The molecular formula is C15H10O5. The van der Waals surface area contributed by atoms with Crippen molar-refractivity contribution in [3.8, 4) is 0 Å². The number of aromatic carboxylic acids is 1. The van der Waals surface area contributed by atoms with E-state index < -0.39 is 17.5 Å². The number of furan rings is 1. The highest BCUT2D eigenvalue weighted by molar-refractivity contribution is 6.29. The van der Waals surface area contributed by atoms with Gasteiger partial charge < -0.3 is 9.52 Å². The van der Waals surface area contributed by atoms with Gasteiger partial charge in [0.15, 0.2) is 11.5 Å². The van der Waals surface area contributed by atoms with Crippen LogP contribution in [0.25, 0.3) is 0 Å². The molecule has 1 aliphatic rings. The van der Waals surface area contributed by atoms with Crippen LogP contribution in [-0.4, -0.2) is 22.6 Å². The molecular weight excluding hydrogens is 260 g/mol. The Morgan fingerprint density at radius 1 is 1.15 bits per heavy atom. The van der Waals surface area contributed by atoms with Gasteiger partial charge in [-0.25, -0.2) is 4.79 Å². The molecule has 1 heterocycles. The van der Waals surface area contributed by atoms with Crippen LogP contribution in [0.4, 0.5) is 0 Å². The molecule has 5 heteroatoms. The number of carbonyl (C=O) groups excluding carboxylic acids is 2. The Morgan fingerprint density at radius 3 is 2.30 bits per heavy atom. The largest absolute Gasteiger partial charge is 0.478 e. The lowest BCUT2D eigenvalue weighted by Crippen LogP contribution is -2.21. The van der Waals surface area contributed by atoms with Crippen molar-refractivity contribution in [3.63, 3.8) is 0 Å². The summed E-state index contributed by atoms with van der Waals surface area (Å²) in [7, 11) is 0. The minimum atomic E-state index is -1.26. The van der Waals surface area contributed by atoms with Gasteiger partial charge in [-0.05, 0) is 0 Å². The summed E-state index contributed by atoms with van der Waals surface area (Å²) in [5, 5.41) is 9.27. The molecule has 2 aromatic rings. The lowest BCUT2D eigenvalue weighted by molar-refractivity contribution is 0.0690. The number of hydrogen-bond donors (Lipinski definition) is 1. The van der Waals surface area contributed by atoms with Crippen molar-refractivity contribution in [3.05, 3.63) is 58.0 Å². The zero-order valence-corrected chi connectivity index (χ0v) is 10.6. The molecule has 20 heavy (non-hydrogen) atoms. The van der Waals surface area contributed by atoms with Crippen LogP contribution in [0.5, 0.6) is 0 Å². The molecule has 1 aromatic heterocycles. The molecule has 3 rings (SSSR count). The molecule has 0 radical (unpaired) electrons. The van der Waals surface area contributed by atoms with Crippen LogP contribution in [0.15, 0.2) is 28.7 Å². The van der Waals surface area contributed by atoms with E-state index in [9.17, 15) is 19.5 Å². The molecule has 100 valence electrons. The van der Waals surface area contributed by atoms with Gasteiger partial charge in [-0.15, -0.1) is 0 Å². The summed E-state index contributed by atoms with van der Waals surface area (Å²) in [5.41, 5.74) is 0.141. The molecule has 5 nitrogen and oxygen atoms in total. The minimum absolute atomic E-state index is 0.127. The van der Waals surface area contributed by atoms with Crippen molar-refractivity contribution in [1.29, 1.82) is 0 Å². The lowest BCUT2D eigenvalue weighted by Gasteiger charge is -2.12. The first-order valence-corrected chi connectivity index (χ1v) is 6.13. The van der Waals surface area contributed by atoms with E-state index in [1.54, 1.807) is 19.1 Å². The molecule has 0 saturated carbocycles. The number of fused-ring (bicyclic) bond motifs is 2. The third-order valence-electron chi connectivity index (χ3n) is 3.37. The first kappa shape index (κ1) is 12.3. The van der Waals surface area contributed by atoms with Crippen LogP contribution in [0.3, 0.4) is 0 Å². The second-order valence-corrected chi connectivity index (χ2v) is 4.47. The number of rotatable bonds is 2. The molecule has 1 aliphatic carbocycles. The van der Waals surface area contributed by atoms with E-state index >= 15 is 0 Å². The van der Waals surface area contributed by atoms with E-state index in [2.05, 4.69) is 0 Å². The van der Waals surface area contributed by atoms with Crippen LogP contribution in [0.1, 0.15) is 55.1 Å². The molecule has 1 N–H and O–H groups in total. The van der Waals surface area contributed by atoms with Crippen LogP contribution in [0.2, 0.25) is 0 Å². The monoisotopic (exact) mass is 270 g/mol. The Morgan fingerprint density at radius 2 is 1.75 bits per heavy atom. The van der Waals surface area contributed by atoms with E-state index in [0.717, 1.165) is 0 Å². The van der Waals surface area contributed by atoms with Crippen LogP contribution < -0.4 is 0 Å². The maximum Gasteiger partial charge on any atom is 0.340 e. The van der Waals surface area contributed by atoms with E-state index in [0.29, 0.717) is 6.42 Å². The van der Waals surface area contributed by atoms with Gasteiger partial charge >= 0.3 is 5.97 Å². The molecule has 0 unspecified atom stereocenters. The fourth-order valence-corrected chi connectivity index (χ4v) is 2.47. The SMILES string of the molecule is CCc1oc2c(c1C(=O)O)C(=O)c1ccccc1C2=O. The topological polar surface area (TPSA) is 84.6 Å². The average Bonchev–Trinajstić information content (AvgIpc) is 2.85. The van der Waals surface area contributed by atoms with E-state index in [1.807, 2.05) is 0 Å². The highest BCUT2D eigenvalue weighted by atomic mass is 16.4. The third kappa shape index (κ3) is 1.46. The van der Waals surface area contributed by atoms with Crippen molar-refractivity contribution in [1.82, 2.24) is 0 Å². The molecule has 0 spiro atoms. The maximum absolute atomic E-state index is 12.4. The number of ketones is 2. The first-order chi connectivity index (χ1) is 9.56. The number of carboxylic acid groups (broad SMARTS) is 1. The predicted octanol–water partition coefficient (Wildman–Crippen LogP) is 2.32. The van der Waals surface area contributed by atoms with Crippen molar-refractivity contribution in [2.24, 2.45) is 0 Å². The fraction of sp³-hybridized carbons (Fsp3) is 0.133. The molecule has 0 fully saturated rings. The van der Waals surface area contributed by atoms with Crippen molar-refractivity contribution in [2.45, 2.75) is 13.3 Å². The summed E-state index contributed by atoms with van der Waals surface area (Å²) in [6.45, 7) is 1.71. The van der Waals surface area contributed by atoms with Crippen molar-refractivity contribution in [2.75, 3.05) is 0 Å². The van der Waals surface area contributed by atoms with Crippen LogP contribution >= 0.6 is 0 Å². The number of aryl methyl sites for hydroxylation is 1. The van der Waals surface area contributed by atoms with Gasteiger partial charge in [0, 0.05) is 17.5 Å². The summed E-state index contributed by atoms with van der Waals surface area (Å²) in [5.74, 6) is -2.19. The zero-order valence-electron chi connectivity index (χ0n) is 10.6. The molecule has 0 amide bonds. The van der Waals surface area contributed by atoms with Gasteiger partial charge in [0.2, 0.25) is 5.78 Å². The third-order valence-corrected chi connectivity index (χ3v) is 3.37. The second-order valence-electron chi connectivity index (χ2n) is 4.47. The molecule has 1 aromatic carbocycles. The Bertz CT molecular complexity index is 767. The summed E-state index contributed by atoms with van der Waals surface area (Å²) in [6, 6.07) is 6.34. The number of carboxylic acids is 1. The average molecular weight is 270 g/mol. The Kier molecular flexibility index (Phi) is 2.57. The van der Waals surface area contributed by atoms with Crippen LogP contribution in [0, 0.1) is 0 Å². The smallest absolute Gasteiger partial charge is 0.340 e. The normalized spacial score (nSPS) is 13.1. The van der Waals surface area contributed by atoms with Gasteiger partial charge in [0.25, 0.3) is 0 Å². The summed E-state index contributed by atoms with van der Waals surface area (Å²) in [4.78, 5) is 36.1. The van der Waals surface area contributed by atoms with Gasteiger partial charge in [-0.3, -0.25) is 9.59 Å². The lowest BCUT2D eigenvalue weighted by atomic mass is 9.86. The predicted molar refractivity (Wildman–Crippen MR) is 68.4 cm³/mol. The van der Waals surface area contributed by atoms with Gasteiger partial charge in [-0.1, -0.05) is 31.2 Å². The number of benzene rings is 1. The summed E-state index contributed by atoms with van der Waals surface area (Å²) < 4.78 is 5.34. The highest BCUT2D eigenvalue weighted by Gasteiger charge is 2.38. The van der Waals surface area contributed by atoms with Gasteiger partial charge in [0.1, 0.15) is 11.3 Å². The zero-order chi connectivity index (χ0) is 14.4. The molecule has 0 aliphatic heterocycles. The standard InChI is InChI=1S/C15H10O5/c1-2-9-10(15(18)19)11-12(16)7-5-3-4-6-8(7)13(17)14(11)20-9/h3-6H,2H2,1H3,(H,18,19). The Hall–Kier alpha value is -2.69. The molecule has 0 bridgehead atoms. The van der Waals surface area contributed by atoms with Gasteiger partial charge in [-0.2, -0.15) is 0 Å². The fourth-order valence-electron chi connectivity index (χ4n) is 2.47. The Balaban J connectivity index is 2.35. The minimum Gasteiger partial charge on any atom is -0.478 e. The highest BCUT2D eigenvalue weighted by Crippen LogP contribution is 2.33. The summed E-state index contributed by atoms with van der Waals surface area (Å²) in [6.07, 6.45) is 0.297. The summed E-state index contributed by atoms with van der Waals surface area (Å²) >= 11 is 0. The second kappa shape index (κ2) is 4.16. The maximum atomic E-state index is 12.4. The molecule has 0 atom stereocenters. The van der Waals surface area contributed by atoms with Crippen molar-refractivity contribution < 1.29 is 23.9 Å². The van der Waals surface area contributed by atoms with E-state index in [1.165, 1.54) is 12.1 Å². The first-order valence-electron chi connectivity index (χ1n) is 6.13. The number of carbonyl (C=O) groups is 3. The van der Waals surface area contributed by atoms with E-state index in [4.69, 9.17) is 4.42 Å². The van der Waals surface area contributed by atoms with Gasteiger partial charge in [0.05, 0.1) is 5.56 Å². The Labute approximate surface area is 113 Å². The van der Waals surface area contributed by atoms with Crippen LogP contribution in [-0.2, 0) is 6.42 Å².